The Bertz CT molecular complexity index is 1170. The molecular formula is C26H20N4Si. The number of benzene rings is 2. The molecule has 0 bridgehead atoms. The highest BCUT2D eigenvalue weighted by Gasteiger charge is 2.44. The number of hydrogen-bond donors (Lipinski definition) is 0. The summed E-state index contributed by atoms with van der Waals surface area (Å²) in [6.07, 6.45) is 5.47. The minimum atomic E-state index is -2.75. The first-order chi connectivity index (χ1) is 15.4. The predicted octanol–water partition coefficient (Wildman–Crippen LogP) is 2.31. The molecule has 0 aliphatic heterocycles. The van der Waals surface area contributed by atoms with Crippen LogP contribution in [-0.2, 0) is 0 Å². The van der Waals surface area contributed by atoms with Gasteiger partial charge in [-0.3, -0.25) is 9.97 Å². The molecule has 4 nitrogen and oxygen atoms in total. The molecule has 5 rings (SSSR count). The smallest absolute Gasteiger partial charge is 0.223 e. The first-order valence-corrected chi connectivity index (χ1v) is 12.2. The summed E-state index contributed by atoms with van der Waals surface area (Å²) in [6, 6.07) is 35.2. The summed E-state index contributed by atoms with van der Waals surface area (Å²) in [7, 11) is -2.75. The van der Waals surface area contributed by atoms with E-state index in [9.17, 15) is 0 Å². The predicted molar refractivity (Wildman–Crippen MR) is 127 cm³/mol. The zero-order valence-electron chi connectivity index (χ0n) is 16.8. The van der Waals surface area contributed by atoms with Gasteiger partial charge < -0.3 is 0 Å². The first-order valence-electron chi connectivity index (χ1n) is 10.2. The molecule has 5 aromatic rings. The highest BCUT2D eigenvalue weighted by atomic mass is 28.3. The number of rotatable bonds is 5. The Kier molecular flexibility index (Phi) is 5.17. The highest BCUT2D eigenvalue weighted by molar-refractivity contribution is 7.19. The van der Waals surface area contributed by atoms with E-state index in [4.69, 9.17) is 9.97 Å². The molecule has 31 heavy (non-hydrogen) atoms. The van der Waals surface area contributed by atoms with E-state index in [1.807, 2.05) is 54.9 Å². The quantitative estimate of drug-likeness (QED) is 0.413. The molecular weight excluding hydrogens is 396 g/mol. The second-order valence-corrected chi connectivity index (χ2v) is 10.9. The van der Waals surface area contributed by atoms with Crippen LogP contribution in [0, 0.1) is 0 Å². The van der Waals surface area contributed by atoms with Gasteiger partial charge in [0, 0.05) is 29.2 Å². The van der Waals surface area contributed by atoms with Crippen LogP contribution in [-0.4, -0.2) is 28.0 Å². The number of nitrogens with zero attached hydrogens (tertiary/aromatic N) is 4. The maximum atomic E-state index is 5.09. The largest absolute Gasteiger partial charge is 0.265 e. The van der Waals surface area contributed by atoms with Gasteiger partial charge in [0.2, 0.25) is 8.07 Å². The van der Waals surface area contributed by atoms with E-state index in [1.165, 1.54) is 10.4 Å². The van der Waals surface area contributed by atoms with Crippen molar-refractivity contribution in [3.8, 4) is 11.5 Å². The van der Waals surface area contributed by atoms with Crippen LogP contribution in [0.1, 0.15) is 0 Å². The Morgan fingerprint density at radius 3 is 1.65 bits per heavy atom. The van der Waals surface area contributed by atoms with Crippen LogP contribution in [0.25, 0.3) is 11.5 Å². The van der Waals surface area contributed by atoms with Gasteiger partial charge in [0.25, 0.3) is 0 Å². The van der Waals surface area contributed by atoms with Crippen molar-refractivity contribution >= 4 is 29.1 Å². The van der Waals surface area contributed by atoms with Crippen LogP contribution in [0.15, 0.2) is 122 Å². The fraction of sp³-hybridized carbons (Fsp3) is 0. The third kappa shape index (κ3) is 3.45. The molecule has 3 heterocycles. The van der Waals surface area contributed by atoms with Crippen molar-refractivity contribution in [1.82, 2.24) is 19.9 Å². The summed E-state index contributed by atoms with van der Waals surface area (Å²) in [5, 5.41) is 4.48. The van der Waals surface area contributed by atoms with Crippen molar-refractivity contribution in [2.24, 2.45) is 0 Å². The van der Waals surface area contributed by atoms with Crippen LogP contribution in [0.5, 0.6) is 0 Å². The maximum absolute atomic E-state index is 5.09. The molecule has 0 spiro atoms. The van der Waals surface area contributed by atoms with E-state index in [0.29, 0.717) is 5.82 Å². The molecule has 5 heteroatoms. The Morgan fingerprint density at radius 1 is 0.452 bits per heavy atom. The average Bonchev–Trinajstić information content (AvgIpc) is 2.87. The molecule has 0 fully saturated rings. The number of aromatic nitrogens is 4. The van der Waals surface area contributed by atoms with Crippen molar-refractivity contribution in [2.75, 3.05) is 0 Å². The van der Waals surface area contributed by atoms with Gasteiger partial charge in [-0.1, -0.05) is 72.8 Å². The zero-order chi connectivity index (χ0) is 20.9. The fourth-order valence-electron chi connectivity index (χ4n) is 4.04. The Balaban J connectivity index is 1.85. The summed E-state index contributed by atoms with van der Waals surface area (Å²) in [6.45, 7) is 0. The van der Waals surface area contributed by atoms with Gasteiger partial charge in [-0.15, -0.1) is 0 Å². The summed E-state index contributed by atoms with van der Waals surface area (Å²) < 4.78 is 0. The van der Waals surface area contributed by atoms with Gasteiger partial charge in [0.05, 0.1) is 0 Å². The minimum Gasteiger partial charge on any atom is -0.265 e. The lowest BCUT2D eigenvalue weighted by atomic mass is 10.3. The van der Waals surface area contributed by atoms with Crippen molar-refractivity contribution in [2.45, 2.75) is 0 Å². The van der Waals surface area contributed by atoms with E-state index in [-0.39, 0.29) is 0 Å². The van der Waals surface area contributed by atoms with Crippen LogP contribution >= 0.6 is 0 Å². The normalized spacial score (nSPS) is 11.2. The molecule has 0 saturated carbocycles. The van der Waals surface area contributed by atoms with Gasteiger partial charge in [-0.25, -0.2) is 9.97 Å². The van der Waals surface area contributed by atoms with Crippen LogP contribution in [0.4, 0.5) is 0 Å². The Morgan fingerprint density at radius 2 is 1.06 bits per heavy atom. The summed E-state index contributed by atoms with van der Waals surface area (Å²) in [5.74, 6) is 0.623. The van der Waals surface area contributed by atoms with Gasteiger partial charge in [-0.2, -0.15) is 0 Å². The topological polar surface area (TPSA) is 51.6 Å². The lowest BCUT2D eigenvalue weighted by Gasteiger charge is -2.32. The maximum Gasteiger partial charge on any atom is 0.223 e. The van der Waals surface area contributed by atoms with Crippen LogP contribution < -0.4 is 21.0 Å². The third-order valence-corrected chi connectivity index (χ3v) is 9.91. The molecule has 0 amide bonds. The second-order valence-electron chi connectivity index (χ2n) is 7.18. The second kappa shape index (κ2) is 8.42. The molecule has 0 radical (unpaired) electrons. The number of pyridine rings is 2. The average molecular weight is 417 g/mol. The van der Waals surface area contributed by atoms with Crippen molar-refractivity contribution in [3.63, 3.8) is 0 Å². The molecule has 0 aliphatic carbocycles. The van der Waals surface area contributed by atoms with E-state index in [0.717, 1.165) is 16.3 Å². The highest BCUT2D eigenvalue weighted by Crippen LogP contribution is 2.11. The number of hydrogen-bond acceptors (Lipinski definition) is 4. The lowest BCUT2D eigenvalue weighted by molar-refractivity contribution is 1.16. The third-order valence-electron chi connectivity index (χ3n) is 5.40. The standard InChI is InChI=1S/C26H20N4Si/c1-3-11-21(12-4-1)31(22-13-5-2-6-14-22,24-16-8-10-19-28-24)25-17-20-29-26(30-25)23-15-7-9-18-27-23/h1-20H. The first kappa shape index (κ1) is 19.0. The SMILES string of the molecule is c1ccc([Si](c2ccccc2)(c2ccccn2)c2ccnc(-c3ccccn3)n2)cc1. The van der Waals surface area contributed by atoms with Gasteiger partial charge in [-0.05, 0) is 40.7 Å². The molecule has 0 N–H and O–H groups in total. The van der Waals surface area contributed by atoms with E-state index < -0.39 is 8.07 Å². The Labute approximate surface area is 182 Å². The molecule has 3 aromatic heterocycles. The fourth-order valence-corrected chi connectivity index (χ4v) is 8.41. The minimum absolute atomic E-state index is 0.623. The molecule has 2 aromatic carbocycles. The van der Waals surface area contributed by atoms with E-state index in [2.05, 4.69) is 70.6 Å². The zero-order valence-corrected chi connectivity index (χ0v) is 17.8. The molecule has 0 aliphatic rings. The summed E-state index contributed by atoms with van der Waals surface area (Å²) >= 11 is 0. The summed E-state index contributed by atoms with van der Waals surface area (Å²) in [5.41, 5.74) is 0.759. The molecule has 0 saturated heterocycles. The lowest BCUT2D eigenvalue weighted by Crippen LogP contribution is -2.76. The van der Waals surface area contributed by atoms with E-state index in [1.54, 1.807) is 6.20 Å². The molecule has 148 valence electrons. The summed E-state index contributed by atoms with van der Waals surface area (Å²) in [4.78, 5) is 19.0. The molecule has 0 atom stereocenters. The van der Waals surface area contributed by atoms with Crippen molar-refractivity contribution < 1.29 is 0 Å². The van der Waals surface area contributed by atoms with Crippen molar-refractivity contribution in [1.29, 1.82) is 0 Å². The van der Waals surface area contributed by atoms with Gasteiger partial charge in [0.15, 0.2) is 5.82 Å². The molecule has 0 unspecified atom stereocenters. The Hall–Kier alpha value is -3.96. The van der Waals surface area contributed by atoms with Gasteiger partial charge in [0.1, 0.15) is 5.69 Å². The van der Waals surface area contributed by atoms with E-state index >= 15 is 0 Å². The monoisotopic (exact) mass is 416 g/mol. The van der Waals surface area contributed by atoms with Gasteiger partial charge >= 0.3 is 0 Å². The van der Waals surface area contributed by atoms with Crippen LogP contribution in [0.3, 0.4) is 0 Å². The van der Waals surface area contributed by atoms with Crippen LogP contribution in [0.2, 0.25) is 0 Å². The van der Waals surface area contributed by atoms with Crippen molar-refractivity contribution in [3.05, 3.63) is 122 Å².